The van der Waals surface area contributed by atoms with E-state index in [0.717, 1.165) is 5.56 Å². The number of nitrogens with one attached hydrogen (secondary N) is 1. The summed E-state index contributed by atoms with van der Waals surface area (Å²) in [5.41, 5.74) is -0.575. The van der Waals surface area contributed by atoms with Crippen molar-refractivity contribution >= 4 is 12.1 Å². The maximum Gasteiger partial charge on any atom is 0.408 e. The van der Waals surface area contributed by atoms with Gasteiger partial charge in [0.2, 0.25) is 0 Å². The van der Waals surface area contributed by atoms with Crippen LogP contribution in [-0.4, -0.2) is 22.7 Å². The molecule has 2 N–H and O–H groups in total. The van der Waals surface area contributed by atoms with E-state index in [0.29, 0.717) is 0 Å². The standard InChI is InChI=1S/C14H17NO4/c1-3-9-14(2,12(16)17)15-13(18)19-10-11-7-5-4-6-8-11/h3-8H,1,9-10H2,2H3,(H,15,18)(H,16,17). The third-order valence-corrected chi connectivity index (χ3v) is 2.62. The molecule has 0 fully saturated rings. The summed E-state index contributed by atoms with van der Waals surface area (Å²) in [6.07, 6.45) is 0.782. The van der Waals surface area contributed by atoms with Crippen molar-refractivity contribution in [1.82, 2.24) is 5.32 Å². The van der Waals surface area contributed by atoms with E-state index in [1.165, 1.54) is 13.0 Å². The number of benzene rings is 1. The maximum atomic E-state index is 11.6. The van der Waals surface area contributed by atoms with E-state index in [1.54, 1.807) is 0 Å². The number of alkyl carbamates (subject to hydrolysis) is 1. The van der Waals surface area contributed by atoms with Gasteiger partial charge in [-0.1, -0.05) is 36.4 Å². The second-order valence-corrected chi connectivity index (χ2v) is 4.32. The predicted molar refractivity (Wildman–Crippen MR) is 70.6 cm³/mol. The lowest BCUT2D eigenvalue weighted by molar-refractivity contribution is -0.143. The number of carbonyl (C=O) groups is 2. The topological polar surface area (TPSA) is 75.6 Å². The molecule has 0 aromatic heterocycles. The zero-order chi connectivity index (χ0) is 14.3. The third kappa shape index (κ3) is 4.46. The molecule has 5 nitrogen and oxygen atoms in total. The number of ether oxygens (including phenoxy) is 1. The Morgan fingerprint density at radius 3 is 2.58 bits per heavy atom. The molecule has 0 aliphatic heterocycles. The highest BCUT2D eigenvalue weighted by molar-refractivity contribution is 5.84. The van der Waals surface area contributed by atoms with Gasteiger partial charge in [-0.2, -0.15) is 0 Å². The molecule has 0 radical (unpaired) electrons. The zero-order valence-corrected chi connectivity index (χ0v) is 10.8. The molecule has 0 bridgehead atoms. The van der Waals surface area contributed by atoms with Crippen molar-refractivity contribution in [2.75, 3.05) is 0 Å². The SMILES string of the molecule is C=CCC(C)(NC(=O)OCc1ccccc1)C(=O)O. The maximum absolute atomic E-state index is 11.6. The quantitative estimate of drug-likeness (QED) is 0.772. The van der Waals surface area contributed by atoms with Crippen molar-refractivity contribution in [3.8, 4) is 0 Å². The van der Waals surface area contributed by atoms with Crippen molar-refractivity contribution in [1.29, 1.82) is 0 Å². The Balaban J connectivity index is 2.54. The van der Waals surface area contributed by atoms with E-state index >= 15 is 0 Å². The van der Waals surface area contributed by atoms with Crippen LogP contribution in [0.4, 0.5) is 4.79 Å². The first-order valence-corrected chi connectivity index (χ1v) is 5.81. The average molecular weight is 263 g/mol. The molecule has 0 saturated carbocycles. The Labute approximate surface area is 111 Å². The third-order valence-electron chi connectivity index (χ3n) is 2.62. The van der Waals surface area contributed by atoms with E-state index in [1.807, 2.05) is 30.3 Å². The Hall–Kier alpha value is -2.30. The van der Waals surface area contributed by atoms with Gasteiger partial charge in [-0.15, -0.1) is 6.58 Å². The van der Waals surface area contributed by atoms with Crippen molar-refractivity contribution < 1.29 is 19.4 Å². The van der Waals surface area contributed by atoms with Crippen molar-refractivity contribution in [2.45, 2.75) is 25.5 Å². The summed E-state index contributed by atoms with van der Waals surface area (Å²) in [7, 11) is 0. The first-order valence-electron chi connectivity index (χ1n) is 5.81. The van der Waals surface area contributed by atoms with Gasteiger partial charge in [0.25, 0.3) is 0 Å². The number of hydrogen-bond acceptors (Lipinski definition) is 3. The highest BCUT2D eigenvalue weighted by atomic mass is 16.5. The van der Waals surface area contributed by atoms with Gasteiger partial charge < -0.3 is 15.2 Å². The van der Waals surface area contributed by atoms with Gasteiger partial charge in [-0.3, -0.25) is 0 Å². The fourth-order valence-electron chi connectivity index (χ4n) is 1.46. The molecule has 0 saturated heterocycles. The predicted octanol–water partition coefficient (Wildman–Crippen LogP) is 2.33. The Morgan fingerprint density at radius 1 is 1.42 bits per heavy atom. The summed E-state index contributed by atoms with van der Waals surface area (Å²) < 4.78 is 4.97. The van der Waals surface area contributed by atoms with Crippen molar-refractivity contribution in [3.63, 3.8) is 0 Å². The van der Waals surface area contributed by atoms with Crippen molar-refractivity contribution in [3.05, 3.63) is 48.6 Å². The minimum absolute atomic E-state index is 0.0937. The molecule has 0 heterocycles. The van der Waals surface area contributed by atoms with Gasteiger partial charge in [0.05, 0.1) is 0 Å². The van der Waals surface area contributed by atoms with Gasteiger partial charge in [0.15, 0.2) is 0 Å². The molecule has 0 aliphatic carbocycles. The first kappa shape index (κ1) is 14.8. The second-order valence-electron chi connectivity index (χ2n) is 4.32. The fourth-order valence-corrected chi connectivity index (χ4v) is 1.46. The van der Waals surface area contributed by atoms with Crippen LogP contribution < -0.4 is 5.32 Å². The molecule has 1 rings (SSSR count). The van der Waals surface area contributed by atoms with Gasteiger partial charge in [0.1, 0.15) is 12.1 Å². The molecule has 1 atom stereocenters. The smallest absolute Gasteiger partial charge is 0.408 e. The summed E-state index contributed by atoms with van der Waals surface area (Å²) in [5.74, 6) is -1.14. The van der Waals surface area contributed by atoms with Crippen LogP contribution in [0.5, 0.6) is 0 Å². The Bertz CT molecular complexity index is 458. The van der Waals surface area contributed by atoms with Crippen LogP contribution in [0.3, 0.4) is 0 Å². The molecule has 19 heavy (non-hydrogen) atoms. The molecular weight excluding hydrogens is 246 g/mol. The van der Waals surface area contributed by atoms with E-state index in [9.17, 15) is 9.59 Å². The molecule has 0 aliphatic rings. The number of amides is 1. The number of hydrogen-bond donors (Lipinski definition) is 2. The lowest BCUT2D eigenvalue weighted by Gasteiger charge is -2.24. The van der Waals surface area contributed by atoms with Crippen LogP contribution in [0.15, 0.2) is 43.0 Å². The molecule has 5 heteroatoms. The molecule has 1 aromatic carbocycles. The van der Waals surface area contributed by atoms with Crippen LogP contribution in [0.1, 0.15) is 18.9 Å². The summed E-state index contributed by atoms with van der Waals surface area (Å²) in [6.45, 7) is 4.97. The second kappa shape index (κ2) is 6.58. The van der Waals surface area contributed by atoms with Gasteiger partial charge >= 0.3 is 12.1 Å². The van der Waals surface area contributed by atoms with Crippen LogP contribution >= 0.6 is 0 Å². The van der Waals surface area contributed by atoms with E-state index in [-0.39, 0.29) is 13.0 Å². The molecule has 0 spiro atoms. The monoisotopic (exact) mass is 263 g/mol. The molecule has 1 aromatic rings. The van der Waals surface area contributed by atoms with Crippen LogP contribution in [0.2, 0.25) is 0 Å². The number of carboxylic acids is 1. The normalized spacial score (nSPS) is 13.1. The van der Waals surface area contributed by atoms with Gasteiger partial charge in [-0.25, -0.2) is 9.59 Å². The number of rotatable bonds is 6. The van der Waals surface area contributed by atoms with Crippen LogP contribution in [0.25, 0.3) is 0 Å². The lowest BCUT2D eigenvalue weighted by atomic mass is 9.98. The Kier molecular flexibility index (Phi) is 5.11. The van der Waals surface area contributed by atoms with Gasteiger partial charge in [-0.05, 0) is 18.9 Å². The van der Waals surface area contributed by atoms with Crippen LogP contribution in [-0.2, 0) is 16.1 Å². The number of aliphatic carboxylic acids is 1. The lowest BCUT2D eigenvalue weighted by Crippen LogP contribution is -2.52. The summed E-state index contributed by atoms with van der Waals surface area (Å²) in [4.78, 5) is 22.7. The average Bonchev–Trinajstić information content (AvgIpc) is 2.37. The highest BCUT2D eigenvalue weighted by Crippen LogP contribution is 2.11. The molecule has 1 unspecified atom stereocenters. The fraction of sp³-hybridized carbons (Fsp3) is 0.286. The van der Waals surface area contributed by atoms with Gasteiger partial charge in [0, 0.05) is 0 Å². The first-order chi connectivity index (χ1) is 8.98. The summed E-state index contributed by atoms with van der Waals surface area (Å²) in [5, 5.41) is 11.4. The number of carboxylic acid groups (broad SMARTS) is 1. The largest absolute Gasteiger partial charge is 0.480 e. The molecular formula is C14H17NO4. The summed E-state index contributed by atoms with van der Waals surface area (Å²) in [6, 6.07) is 9.14. The summed E-state index contributed by atoms with van der Waals surface area (Å²) >= 11 is 0. The van der Waals surface area contributed by atoms with Crippen molar-refractivity contribution in [2.24, 2.45) is 0 Å². The Morgan fingerprint density at radius 2 is 2.05 bits per heavy atom. The molecule has 102 valence electrons. The minimum Gasteiger partial charge on any atom is -0.480 e. The highest BCUT2D eigenvalue weighted by Gasteiger charge is 2.34. The minimum atomic E-state index is -1.41. The van der Waals surface area contributed by atoms with E-state index < -0.39 is 17.6 Å². The van der Waals surface area contributed by atoms with E-state index in [2.05, 4.69) is 11.9 Å². The van der Waals surface area contributed by atoms with Crippen LogP contribution in [0, 0.1) is 0 Å². The number of carbonyl (C=O) groups excluding carboxylic acids is 1. The van der Waals surface area contributed by atoms with E-state index in [4.69, 9.17) is 9.84 Å². The molecule has 1 amide bonds. The zero-order valence-electron chi connectivity index (χ0n) is 10.8.